The molecule has 0 aliphatic carbocycles. The van der Waals surface area contributed by atoms with Crippen molar-refractivity contribution in [3.63, 3.8) is 0 Å². The Morgan fingerprint density at radius 2 is 1.49 bits per heavy atom. The van der Waals surface area contributed by atoms with Gasteiger partial charge in [0, 0.05) is 69.6 Å². The predicted octanol–water partition coefficient (Wildman–Crippen LogP) is 4.52. The summed E-state index contributed by atoms with van der Waals surface area (Å²) in [7, 11) is 2.03. The van der Waals surface area contributed by atoms with Crippen LogP contribution in [-0.2, 0) is 22.5 Å². The van der Waals surface area contributed by atoms with Crippen LogP contribution in [0.5, 0.6) is 0 Å². The first-order chi connectivity index (χ1) is 23.6. The van der Waals surface area contributed by atoms with E-state index in [-0.39, 0.29) is 31.0 Å². The van der Waals surface area contributed by atoms with Crippen molar-refractivity contribution in [1.29, 1.82) is 0 Å². The van der Waals surface area contributed by atoms with Gasteiger partial charge in [-0.05, 0) is 67.8 Å². The summed E-state index contributed by atoms with van der Waals surface area (Å²) in [6, 6.07) is 18.5. The molecule has 264 valence electrons. The lowest BCUT2D eigenvalue weighted by molar-refractivity contribution is -0.152. The van der Waals surface area contributed by atoms with Crippen molar-refractivity contribution < 1.29 is 27.9 Å². The topological polar surface area (TPSA) is 94.2 Å². The first-order valence-electron chi connectivity index (χ1n) is 17.1. The second-order valence-electron chi connectivity index (χ2n) is 12.7. The van der Waals surface area contributed by atoms with Crippen molar-refractivity contribution in [1.82, 2.24) is 25.3 Å². The minimum absolute atomic E-state index is 0.0146. The Morgan fingerprint density at radius 3 is 2.14 bits per heavy atom. The fraction of sp³-hybridized carbons (Fsp3) is 0.447. The lowest BCUT2D eigenvalue weighted by Gasteiger charge is -2.33. The van der Waals surface area contributed by atoms with Gasteiger partial charge in [-0.15, -0.1) is 0 Å². The highest BCUT2D eigenvalue weighted by Gasteiger charge is 2.29. The number of amides is 2. The lowest BCUT2D eigenvalue weighted by Crippen LogP contribution is -2.52. The number of esters is 1. The monoisotopic (exact) mass is 677 g/mol. The largest absolute Gasteiger partial charge is 0.458 e. The molecule has 0 aromatic heterocycles. The zero-order valence-electron chi connectivity index (χ0n) is 28.8. The molecule has 9 nitrogen and oxygen atoms in total. The van der Waals surface area contributed by atoms with Crippen LogP contribution in [0.15, 0.2) is 72.8 Å². The molecule has 1 fully saturated rings. The number of halogens is 2. The molecule has 1 saturated heterocycles. The Labute approximate surface area is 288 Å². The Bertz CT molecular complexity index is 1490. The molecule has 1 aliphatic rings. The number of carbonyl (C=O) groups excluding carboxylic acids is 3. The highest BCUT2D eigenvalue weighted by atomic mass is 19.1. The number of likely N-dealkylation sites (N-methyl/N-ethyl adjacent to an activating group) is 1. The number of hydrogen-bond donors (Lipinski definition) is 2. The first kappa shape index (κ1) is 37.6. The van der Waals surface area contributed by atoms with E-state index in [9.17, 15) is 23.2 Å². The Balaban J connectivity index is 1.60. The van der Waals surface area contributed by atoms with Gasteiger partial charge in [0.25, 0.3) is 11.8 Å². The molecule has 0 saturated carbocycles. The second-order valence-corrected chi connectivity index (χ2v) is 12.7. The highest BCUT2D eigenvalue weighted by molar-refractivity contribution is 5.99. The molecule has 2 atom stereocenters. The Kier molecular flexibility index (Phi) is 14.7. The molecular weight excluding hydrogens is 628 g/mol. The van der Waals surface area contributed by atoms with Crippen LogP contribution in [0.2, 0.25) is 0 Å². The molecule has 0 bridgehead atoms. The van der Waals surface area contributed by atoms with Gasteiger partial charge >= 0.3 is 5.97 Å². The van der Waals surface area contributed by atoms with Crippen LogP contribution in [0.25, 0.3) is 0 Å². The van der Waals surface area contributed by atoms with E-state index in [1.54, 1.807) is 29.2 Å². The smallest absolute Gasteiger partial charge is 0.320 e. The zero-order chi connectivity index (χ0) is 35.2. The normalized spacial score (nSPS) is 15.0. The standard InChI is InChI=1S/C38H49F2N5O4/c1-4-14-45(15-5-2)38(48)31-13-9-12-30(23-31)37(47)42-34(22-29-20-32(39)24-33(40)21-29)35(26-41-25-28-10-7-6-8-11-28)49-36(46)27-44-18-16-43(3)17-19-44/h6-13,20-21,23-24,34-35,41H,4-5,14-19,22,25-27H2,1-3H3,(H,42,47). The minimum Gasteiger partial charge on any atom is -0.458 e. The van der Waals surface area contributed by atoms with Gasteiger partial charge in [-0.1, -0.05) is 50.2 Å². The molecule has 1 aliphatic heterocycles. The van der Waals surface area contributed by atoms with Crippen molar-refractivity contribution in [3.05, 3.63) is 107 Å². The number of carbonyl (C=O) groups is 3. The average Bonchev–Trinajstić information content (AvgIpc) is 3.08. The number of piperazine rings is 1. The molecule has 1 heterocycles. The van der Waals surface area contributed by atoms with Crippen LogP contribution >= 0.6 is 0 Å². The van der Waals surface area contributed by atoms with Crippen molar-refractivity contribution >= 4 is 17.8 Å². The fourth-order valence-corrected chi connectivity index (χ4v) is 5.96. The lowest BCUT2D eigenvalue weighted by atomic mass is 9.99. The van der Waals surface area contributed by atoms with Crippen LogP contribution in [0.1, 0.15) is 58.5 Å². The number of rotatable bonds is 17. The average molecular weight is 678 g/mol. The quantitative estimate of drug-likeness (QED) is 0.203. The van der Waals surface area contributed by atoms with E-state index in [1.165, 1.54) is 12.1 Å². The van der Waals surface area contributed by atoms with E-state index < -0.39 is 35.7 Å². The van der Waals surface area contributed by atoms with Crippen LogP contribution in [0, 0.1) is 11.6 Å². The molecule has 3 aromatic rings. The van der Waals surface area contributed by atoms with E-state index in [2.05, 4.69) is 15.5 Å². The molecule has 2 unspecified atom stereocenters. The molecule has 0 radical (unpaired) electrons. The van der Waals surface area contributed by atoms with Gasteiger partial charge in [0.15, 0.2) is 0 Å². The Morgan fingerprint density at radius 1 is 0.837 bits per heavy atom. The van der Waals surface area contributed by atoms with E-state index >= 15 is 0 Å². The second kappa shape index (κ2) is 19.1. The molecule has 2 N–H and O–H groups in total. The number of benzene rings is 3. The van der Waals surface area contributed by atoms with E-state index in [1.807, 2.05) is 56.1 Å². The predicted molar refractivity (Wildman–Crippen MR) is 186 cm³/mol. The van der Waals surface area contributed by atoms with Crippen LogP contribution < -0.4 is 10.6 Å². The van der Waals surface area contributed by atoms with E-state index in [4.69, 9.17) is 4.74 Å². The van der Waals surface area contributed by atoms with Gasteiger partial charge in [0.1, 0.15) is 17.7 Å². The van der Waals surface area contributed by atoms with Crippen LogP contribution in [-0.4, -0.2) is 104 Å². The number of ether oxygens (including phenoxy) is 1. The SMILES string of the molecule is CCCN(CCC)C(=O)c1cccc(C(=O)NC(Cc2cc(F)cc(F)c2)C(CNCc2ccccc2)OC(=O)CN2CCN(C)CC2)c1. The third kappa shape index (κ3) is 12.0. The summed E-state index contributed by atoms with van der Waals surface area (Å²) >= 11 is 0. The first-order valence-corrected chi connectivity index (χ1v) is 17.1. The third-order valence-electron chi connectivity index (χ3n) is 8.54. The molecular formula is C38H49F2N5O4. The van der Waals surface area contributed by atoms with Gasteiger partial charge in [0.2, 0.25) is 0 Å². The maximum Gasteiger partial charge on any atom is 0.320 e. The van der Waals surface area contributed by atoms with Crippen molar-refractivity contribution in [2.24, 2.45) is 0 Å². The van der Waals surface area contributed by atoms with Crippen molar-refractivity contribution in [2.45, 2.75) is 51.8 Å². The zero-order valence-corrected chi connectivity index (χ0v) is 28.8. The highest BCUT2D eigenvalue weighted by Crippen LogP contribution is 2.16. The Hall–Kier alpha value is -4.19. The number of nitrogens with zero attached hydrogens (tertiary/aromatic N) is 3. The summed E-state index contributed by atoms with van der Waals surface area (Å²) in [6.45, 7) is 9.02. The van der Waals surface area contributed by atoms with Gasteiger partial charge in [-0.25, -0.2) is 8.78 Å². The molecule has 4 rings (SSSR count). The van der Waals surface area contributed by atoms with Gasteiger partial charge in [-0.2, -0.15) is 0 Å². The molecule has 2 amide bonds. The van der Waals surface area contributed by atoms with Gasteiger partial charge < -0.3 is 25.2 Å². The molecule has 49 heavy (non-hydrogen) atoms. The summed E-state index contributed by atoms with van der Waals surface area (Å²) in [6.07, 6.45) is 0.704. The summed E-state index contributed by atoms with van der Waals surface area (Å²) < 4.78 is 34.7. The van der Waals surface area contributed by atoms with Crippen LogP contribution in [0.3, 0.4) is 0 Å². The fourth-order valence-electron chi connectivity index (χ4n) is 5.96. The van der Waals surface area contributed by atoms with E-state index in [0.717, 1.165) is 37.6 Å². The summed E-state index contributed by atoms with van der Waals surface area (Å²) in [5, 5.41) is 6.32. The van der Waals surface area contributed by atoms with Crippen molar-refractivity contribution in [2.75, 3.05) is 59.4 Å². The maximum absolute atomic E-state index is 14.3. The summed E-state index contributed by atoms with van der Waals surface area (Å²) in [5.41, 5.74) is 1.94. The number of hydrogen-bond acceptors (Lipinski definition) is 7. The minimum atomic E-state index is -0.895. The van der Waals surface area contributed by atoms with Crippen LogP contribution in [0.4, 0.5) is 8.78 Å². The molecule has 3 aromatic carbocycles. The maximum atomic E-state index is 14.3. The van der Waals surface area contributed by atoms with Gasteiger partial charge in [-0.3, -0.25) is 19.3 Å². The number of nitrogens with one attached hydrogen (secondary N) is 2. The third-order valence-corrected chi connectivity index (χ3v) is 8.54. The summed E-state index contributed by atoms with van der Waals surface area (Å²) in [5.74, 6) is -2.62. The van der Waals surface area contributed by atoms with E-state index in [0.29, 0.717) is 43.9 Å². The molecule has 11 heteroatoms. The molecule has 0 spiro atoms. The van der Waals surface area contributed by atoms with Gasteiger partial charge in [0.05, 0.1) is 12.6 Å². The summed E-state index contributed by atoms with van der Waals surface area (Å²) in [4.78, 5) is 46.5. The van der Waals surface area contributed by atoms with Crippen molar-refractivity contribution in [3.8, 4) is 0 Å².